The van der Waals surface area contributed by atoms with Gasteiger partial charge in [0.25, 0.3) is 5.91 Å². The molecule has 90 valence electrons. The highest BCUT2D eigenvalue weighted by molar-refractivity contribution is 9.13. The molecule has 17 heavy (non-hydrogen) atoms. The van der Waals surface area contributed by atoms with Crippen LogP contribution in [-0.2, 0) is 4.79 Å². The first-order valence-electron chi connectivity index (χ1n) is 5.18. The van der Waals surface area contributed by atoms with Crippen molar-refractivity contribution in [3.8, 4) is 0 Å². The van der Waals surface area contributed by atoms with Crippen molar-refractivity contribution in [3.05, 3.63) is 32.7 Å². The fourth-order valence-electron chi connectivity index (χ4n) is 1.60. The van der Waals surface area contributed by atoms with E-state index in [2.05, 4.69) is 47.5 Å². The van der Waals surface area contributed by atoms with Gasteiger partial charge < -0.3 is 5.32 Å². The maximum Gasteiger partial charge on any atom is 0.253 e. The van der Waals surface area contributed by atoms with Crippen molar-refractivity contribution in [2.75, 3.05) is 6.54 Å². The molecule has 1 saturated heterocycles. The number of nitrogens with zero attached hydrogens (tertiary/aromatic N) is 1. The molecule has 0 aromatic heterocycles. The largest absolute Gasteiger partial charge is 0.340 e. The average Bonchev–Trinajstić information content (AvgIpc) is 2.64. The molecule has 1 atom stereocenters. The molecular formula is C11H11Br2N3O. The summed E-state index contributed by atoms with van der Waals surface area (Å²) in [6.45, 7) is 2.56. The SMILES string of the molecule is CCN=C1NC(=O)C(c2ccc(Br)c(Br)c2)N1. The Labute approximate surface area is 116 Å². The van der Waals surface area contributed by atoms with Crippen LogP contribution < -0.4 is 10.6 Å². The average molecular weight is 361 g/mol. The predicted molar refractivity (Wildman–Crippen MR) is 73.8 cm³/mol. The second kappa shape index (κ2) is 5.18. The zero-order valence-electron chi connectivity index (χ0n) is 9.13. The van der Waals surface area contributed by atoms with Gasteiger partial charge >= 0.3 is 0 Å². The number of carbonyl (C=O) groups is 1. The number of carbonyl (C=O) groups excluding carboxylic acids is 1. The lowest BCUT2D eigenvalue weighted by atomic mass is 10.1. The van der Waals surface area contributed by atoms with Crippen LogP contribution in [0.4, 0.5) is 0 Å². The summed E-state index contributed by atoms with van der Waals surface area (Å²) in [5.41, 5.74) is 0.902. The van der Waals surface area contributed by atoms with E-state index >= 15 is 0 Å². The maximum absolute atomic E-state index is 11.8. The van der Waals surface area contributed by atoms with Gasteiger partial charge in [-0.3, -0.25) is 15.1 Å². The quantitative estimate of drug-likeness (QED) is 0.850. The third-order valence-corrected chi connectivity index (χ3v) is 4.26. The lowest BCUT2D eigenvalue weighted by Gasteiger charge is -2.09. The van der Waals surface area contributed by atoms with Crippen LogP contribution in [0.5, 0.6) is 0 Å². The number of nitrogens with one attached hydrogen (secondary N) is 2. The molecule has 0 aliphatic carbocycles. The first-order valence-corrected chi connectivity index (χ1v) is 6.77. The van der Waals surface area contributed by atoms with Crippen molar-refractivity contribution in [1.29, 1.82) is 0 Å². The number of benzene rings is 1. The second-order valence-corrected chi connectivity index (χ2v) is 5.27. The third-order valence-electron chi connectivity index (χ3n) is 2.38. The van der Waals surface area contributed by atoms with E-state index in [-0.39, 0.29) is 11.9 Å². The van der Waals surface area contributed by atoms with E-state index in [1.807, 2.05) is 25.1 Å². The normalized spacial score (nSPS) is 21.5. The number of rotatable bonds is 2. The van der Waals surface area contributed by atoms with Gasteiger partial charge in [0.2, 0.25) is 0 Å². The molecule has 1 unspecified atom stereocenters. The molecule has 0 spiro atoms. The van der Waals surface area contributed by atoms with E-state index in [0.717, 1.165) is 14.5 Å². The first kappa shape index (κ1) is 12.6. The Morgan fingerprint density at radius 2 is 2.12 bits per heavy atom. The summed E-state index contributed by atoms with van der Waals surface area (Å²) in [4.78, 5) is 15.9. The number of halogens is 2. The molecule has 2 rings (SSSR count). The summed E-state index contributed by atoms with van der Waals surface area (Å²) in [5, 5.41) is 5.77. The fourth-order valence-corrected chi connectivity index (χ4v) is 2.24. The minimum Gasteiger partial charge on any atom is -0.340 e. The molecule has 1 aromatic carbocycles. The summed E-state index contributed by atoms with van der Waals surface area (Å²) in [6.07, 6.45) is 0. The monoisotopic (exact) mass is 359 g/mol. The highest BCUT2D eigenvalue weighted by Gasteiger charge is 2.29. The highest BCUT2D eigenvalue weighted by Crippen LogP contribution is 2.27. The summed E-state index contributed by atoms with van der Waals surface area (Å²) in [6, 6.07) is 5.35. The standard InChI is InChI=1S/C11H11Br2N3O/c1-2-14-11-15-9(10(17)16-11)6-3-4-7(12)8(13)5-6/h3-5,9H,2H2,1H3,(H2,14,15,16,17). The highest BCUT2D eigenvalue weighted by atomic mass is 79.9. The van der Waals surface area contributed by atoms with Crippen molar-refractivity contribution in [1.82, 2.24) is 10.6 Å². The van der Waals surface area contributed by atoms with Crippen LogP contribution >= 0.6 is 31.9 Å². The van der Waals surface area contributed by atoms with E-state index < -0.39 is 0 Å². The van der Waals surface area contributed by atoms with Crippen LogP contribution in [0.15, 0.2) is 32.1 Å². The predicted octanol–water partition coefficient (Wildman–Crippen LogP) is 2.35. The van der Waals surface area contributed by atoms with Crippen LogP contribution in [-0.4, -0.2) is 18.4 Å². The van der Waals surface area contributed by atoms with Crippen molar-refractivity contribution in [2.45, 2.75) is 13.0 Å². The third kappa shape index (κ3) is 2.69. The minimum atomic E-state index is -0.371. The molecule has 0 bridgehead atoms. The molecule has 1 aliphatic heterocycles. The van der Waals surface area contributed by atoms with E-state index in [0.29, 0.717) is 12.5 Å². The molecule has 0 saturated carbocycles. The van der Waals surface area contributed by atoms with Gasteiger partial charge in [0.05, 0.1) is 0 Å². The van der Waals surface area contributed by atoms with Gasteiger partial charge in [-0.25, -0.2) is 0 Å². The summed E-state index contributed by atoms with van der Waals surface area (Å²) in [7, 11) is 0. The molecule has 1 aliphatic rings. The minimum absolute atomic E-state index is 0.0774. The van der Waals surface area contributed by atoms with Gasteiger partial charge in [0.1, 0.15) is 6.04 Å². The van der Waals surface area contributed by atoms with Crippen LogP contribution in [0.1, 0.15) is 18.5 Å². The Hall–Kier alpha value is -0.880. The lowest BCUT2D eigenvalue weighted by Crippen LogP contribution is -2.25. The van der Waals surface area contributed by atoms with Gasteiger partial charge in [0.15, 0.2) is 5.96 Å². The maximum atomic E-state index is 11.8. The van der Waals surface area contributed by atoms with E-state index in [9.17, 15) is 4.79 Å². The zero-order chi connectivity index (χ0) is 12.4. The Morgan fingerprint density at radius 3 is 2.76 bits per heavy atom. The molecule has 1 fully saturated rings. The molecular weight excluding hydrogens is 350 g/mol. The topological polar surface area (TPSA) is 53.5 Å². The fraction of sp³-hybridized carbons (Fsp3) is 0.273. The van der Waals surface area contributed by atoms with Crippen molar-refractivity contribution in [3.63, 3.8) is 0 Å². The molecule has 1 aromatic rings. The van der Waals surface area contributed by atoms with Gasteiger partial charge in [-0.05, 0) is 56.5 Å². The Morgan fingerprint density at radius 1 is 1.35 bits per heavy atom. The number of amides is 1. The zero-order valence-corrected chi connectivity index (χ0v) is 12.3. The van der Waals surface area contributed by atoms with Gasteiger partial charge in [-0.2, -0.15) is 0 Å². The molecule has 1 heterocycles. The Kier molecular flexibility index (Phi) is 3.83. The van der Waals surface area contributed by atoms with Gasteiger partial charge in [0, 0.05) is 15.5 Å². The molecule has 2 N–H and O–H groups in total. The van der Waals surface area contributed by atoms with Crippen molar-refractivity contribution < 1.29 is 4.79 Å². The van der Waals surface area contributed by atoms with Gasteiger partial charge in [-0.1, -0.05) is 6.07 Å². The van der Waals surface area contributed by atoms with E-state index in [1.54, 1.807) is 0 Å². The molecule has 0 radical (unpaired) electrons. The van der Waals surface area contributed by atoms with Crippen LogP contribution in [0.2, 0.25) is 0 Å². The molecule has 6 heteroatoms. The van der Waals surface area contributed by atoms with Crippen LogP contribution in [0, 0.1) is 0 Å². The Balaban J connectivity index is 2.26. The molecule has 4 nitrogen and oxygen atoms in total. The van der Waals surface area contributed by atoms with Crippen LogP contribution in [0.3, 0.4) is 0 Å². The van der Waals surface area contributed by atoms with Crippen molar-refractivity contribution in [2.24, 2.45) is 4.99 Å². The smallest absolute Gasteiger partial charge is 0.253 e. The first-order chi connectivity index (χ1) is 8.11. The Bertz CT molecular complexity index is 488. The van der Waals surface area contributed by atoms with Crippen molar-refractivity contribution >= 4 is 43.7 Å². The summed E-state index contributed by atoms with van der Waals surface area (Å²) < 4.78 is 1.88. The number of hydrogen-bond acceptors (Lipinski definition) is 2. The second-order valence-electron chi connectivity index (χ2n) is 3.56. The summed E-state index contributed by atoms with van der Waals surface area (Å²) in [5.74, 6) is 0.466. The van der Waals surface area contributed by atoms with E-state index in [1.165, 1.54) is 0 Å². The molecule has 1 amide bonds. The lowest BCUT2D eigenvalue weighted by molar-refractivity contribution is -0.120. The number of hydrogen-bond donors (Lipinski definition) is 2. The van der Waals surface area contributed by atoms with E-state index in [4.69, 9.17) is 0 Å². The number of aliphatic imine (C=N–C) groups is 1. The summed E-state index contributed by atoms with van der Waals surface area (Å²) >= 11 is 6.82. The van der Waals surface area contributed by atoms with Gasteiger partial charge in [-0.15, -0.1) is 0 Å². The number of guanidine groups is 1. The van der Waals surface area contributed by atoms with Crippen LogP contribution in [0.25, 0.3) is 0 Å².